The molecular formula is C23H17ClF3NO6. The zero-order valence-corrected chi connectivity index (χ0v) is 18.2. The topological polar surface area (TPSA) is 97.0 Å². The highest BCUT2D eigenvalue weighted by Crippen LogP contribution is 2.38. The van der Waals surface area contributed by atoms with Crippen molar-refractivity contribution >= 4 is 34.4 Å². The molecule has 7 nitrogen and oxygen atoms in total. The van der Waals surface area contributed by atoms with E-state index in [-0.39, 0.29) is 46.0 Å². The maximum atomic E-state index is 13.3. The van der Waals surface area contributed by atoms with Gasteiger partial charge in [0.05, 0.1) is 21.5 Å². The van der Waals surface area contributed by atoms with Crippen molar-refractivity contribution in [1.82, 2.24) is 4.90 Å². The highest BCUT2D eigenvalue weighted by molar-refractivity contribution is 6.34. The molecule has 1 saturated heterocycles. The lowest BCUT2D eigenvalue weighted by molar-refractivity contribution is -0.149. The maximum Gasteiger partial charge on any atom is 0.416 e. The van der Waals surface area contributed by atoms with Gasteiger partial charge in [-0.25, -0.2) is 4.79 Å². The van der Waals surface area contributed by atoms with Gasteiger partial charge in [-0.2, -0.15) is 13.2 Å². The van der Waals surface area contributed by atoms with Crippen LogP contribution in [0.2, 0.25) is 5.02 Å². The van der Waals surface area contributed by atoms with Gasteiger partial charge in [0.25, 0.3) is 5.91 Å². The molecule has 11 heteroatoms. The first kappa shape index (κ1) is 23.6. The van der Waals surface area contributed by atoms with Gasteiger partial charge in [-0.3, -0.25) is 9.59 Å². The van der Waals surface area contributed by atoms with Crippen LogP contribution >= 0.6 is 11.6 Å². The van der Waals surface area contributed by atoms with Crippen molar-refractivity contribution in [2.75, 3.05) is 13.2 Å². The maximum absolute atomic E-state index is 13.3. The number of likely N-dealkylation sites (tertiary alicyclic amines) is 1. The number of carboxylic acids is 1. The van der Waals surface area contributed by atoms with Crippen LogP contribution in [-0.4, -0.2) is 41.1 Å². The zero-order chi connectivity index (χ0) is 24.6. The number of halogens is 4. The zero-order valence-electron chi connectivity index (χ0n) is 17.4. The van der Waals surface area contributed by atoms with E-state index >= 15 is 0 Å². The third-order valence-electron chi connectivity index (χ3n) is 5.49. The van der Waals surface area contributed by atoms with Crippen LogP contribution in [0.25, 0.3) is 22.3 Å². The van der Waals surface area contributed by atoms with Crippen molar-refractivity contribution in [3.8, 4) is 17.1 Å². The second kappa shape index (κ2) is 9.02. The van der Waals surface area contributed by atoms with Crippen LogP contribution in [0, 0.1) is 0 Å². The fraction of sp³-hybridized carbons (Fsp3) is 0.261. The predicted octanol–water partition coefficient (Wildman–Crippen LogP) is 4.59. The van der Waals surface area contributed by atoms with E-state index < -0.39 is 41.7 Å². The van der Waals surface area contributed by atoms with Crippen LogP contribution in [0.3, 0.4) is 0 Å². The summed E-state index contributed by atoms with van der Waals surface area (Å²) >= 11 is 6.12. The smallest absolute Gasteiger partial charge is 0.416 e. The lowest BCUT2D eigenvalue weighted by Crippen LogP contribution is -2.42. The van der Waals surface area contributed by atoms with E-state index in [1.165, 1.54) is 12.1 Å². The Morgan fingerprint density at radius 1 is 1.21 bits per heavy atom. The van der Waals surface area contributed by atoms with E-state index in [2.05, 4.69) is 0 Å². The molecule has 0 spiro atoms. The summed E-state index contributed by atoms with van der Waals surface area (Å²) in [5.74, 6) is -2.31. The fourth-order valence-electron chi connectivity index (χ4n) is 3.84. The number of fused-ring (bicyclic) bond motifs is 1. The number of nitrogens with zero attached hydrogens (tertiary/aromatic N) is 1. The standard InChI is InChI=1S/C23H17ClF3NO6/c24-15-4-1-3-13-17(29)10-19(34-21(13)15)14-7-6-12(23(25,26)27)9-18(14)33-11-20(30)28-8-2-5-16(28)22(31)32/h1,3-4,6-7,9-10,16H,2,5,8,11H2,(H,31,32). The number of hydrogen-bond donors (Lipinski definition) is 1. The number of alkyl halides is 3. The number of benzene rings is 2. The van der Waals surface area contributed by atoms with Crippen LogP contribution in [0.5, 0.6) is 5.75 Å². The minimum absolute atomic E-state index is 0.00377. The van der Waals surface area contributed by atoms with Crippen LogP contribution in [0.1, 0.15) is 18.4 Å². The number of para-hydroxylation sites is 1. The average Bonchev–Trinajstić information content (AvgIpc) is 3.28. The van der Waals surface area contributed by atoms with Gasteiger partial charge < -0.3 is 19.2 Å². The van der Waals surface area contributed by atoms with Crippen molar-refractivity contribution in [2.45, 2.75) is 25.1 Å². The molecular weight excluding hydrogens is 479 g/mol. The van der Waals surface area contributed by atoms with E-state index in [4.69, 9.17) is 20.8 Å². The first-order chi connectivity index (χ1) is 16.1. The van der Waals surface area contributed by atoms with Gasteiger partial charge in [0, 0.05) is 12.6 Å². The molecule has 1 aromatic heterocycles. The number of carbonyl (C=O) groups excluding carboxylic acids is 1. The van der Waals surface area contributed by atoms with Crippen molar-refractivity contribution in [1.29, 1.82) is 0 Å². The van der Waals surface area contributed by atoms with E-state index in [0.717, 1.165) is 23.1 Å². The molecule has 178 valence electrons. The summed E-state index contributed by atoms with van der Waals surface area (Å²) in [6, 6.07) is 7.18. The van der Waals surface area contributed by atoms with E-state index in [1.54, 1.807) is 6.07 Å². The molecule has 3 aromatic rings. The molecule has 1 aliphatic heterocycles. The van der Waals surface area contributed by atoms with Crippen LogP contribution in [0.4, 0.5) is 13.2 Å². The number of carboxylic acid groups (broad SMARTS) is 1. The van der Waals surface area contributed by atoms with Gasteiger partial charge in [0.15, 0.2) is 17.6 Å². The van der Waals surface area contributed by atoms with Gasteiger partial charge in [-0.15, -0.1) is 0 Å². The number of ether oxygens (including phenoxy) is 1. The molecule has 1 fully saturated rings. The minimum Gasteiger partial charge on any atom is -0.483 e. The molecule has 0 radical (unpaired) electrons. The molecule has 1 N–H and O–H groups in total. The third-order valence-corrected chi connectivity index (χ3v) is 5.79. The highest BCUT2D eigenvalue weighted by atomic mass is 35.5. The molecule has 4 rings (SSSR count). The van der Waals surface area contributed by atoms with Crippen molar-refractivity contribution in [2.24, 2.45) is 0 Å². The quantitative estimate of drug-likeness (QED) is 0.556. The number of hydrogen-bond acceptors (Lipinski definition) is 5. The van der Waals surface area contributed by atoms with Gasteiger partial charge in [0.1, 0.15) is 17.6 Å². The Morgan fingerprint density at radius 3 is 2.68 bits per heavy atom. The van der Waals surface area contributed by atoms with Crippen molar-refractivity contribution in [3.63, 3.8) is 0 Å². The summed E-state index contributed by atoms with van der Waals surface area (Å²) in [6.07, 6.45) is -3.93. The summed E-state index contributed by atoms with van der Waals surface area (Å²) in [7, 11) is 0. The van der Waals surface area contributed by atoms with Crippen LogP contribution < -0.4 is 10.2 Å². The monoisotopic (exact) mass is 495 g/mol. The summed E-state index contributed by atoms with van der Waals surface area (Å²) in [5.41, 5.74) is -1.46. The van der Waals surface area contributed by atoms with Crippen molar-refractivity contribution in [3.05, 3.63) is 63.3 Å². The molecule has 0 bridgehead atoms. The lowest BCUT2D eigenvalue weighted by Gasteiger charge is -2.22. The molecule has 34 heavy (non-hydrogen) atoms. The molecule has 0 aliphatic carbocycles. The molecule has 1 unspecified atom stereocenters. The number of aliphatic carboxylic acids is 1. The number of amides is 1. The average molecular weight is 496 g/mol. The van der Waals surface area contributed by atoms with E-state index in [0.29, 0.717) is 12.5 Å². The molecule has 2 aromatic carbocycles. The summed E-state index contributed by atoms with van der Waals surface area (Å²) in [4.78, 5) is 37.6. The Labute approximate surface area is 195 Å². The minimum atomic E-state index is -4.70. The first-order valence-corrected chi connectivity index (χ1v) is 10.5. The van der Waals surface area contributed by atoms with E-state index in [1.807, 2.05) is 0 Å². The Balaban J connectivity index is 1.72. The number of carbonyl (C=O) groups is 2. The summed E-state index contributed by atoms with van der Waals surface area (Å²) < 4.78 is 51.1. The Kier molecular flexibility index (Phi) is 6.26. The molecule has 1 atom stereocenters. The lowest BCUT2D eigenvalue weighted by atomic mass is 10.1. The van der Waals surface area contributed by atoms with Crippen molar-refractivity contribution < 1.29 is 37.0 Å². The predicted molar refractivity (Wildman–Crippen MR) is 116 cm³/mol. The largest absolute Gasteiger partial charge is 0.483 e. The third kappa shape index (κ3) is 4.58. The van der Waals surface area contributed by atoms with Gasteiger partial charge in [-0.1, -0.05) is 17.7 Å². The molecule has 2 heterocycles. The normalized spacial score (nSPS) is 16.1. The Bertz CT molecular complexity index is 1340. The SMILES string of the molecule is O=C(O)C1CCCN1C(=O)COc1cc(C(F)(F)F)ccc1-c1cc(=O)c2cccc(Cl)c2o1. The molecule has 1 aliphatic rings. The highest BCUT2D eigenvalue weighted by Gasteiger charge is 2.35. The Hall–Kier alpha value is -3.53. The van der Waals surface area contributed by atoms with E-state index in [9.17, 15) is 32.7 Å². The summed E-state index contributed by atoms with van der Waals surface area (Å²) in [6.45, 7) is -0.497. The molecule has 0 saturated carbocycles. The second-order valence-electron chi connectivity index (χ2n) is 7.67. The Morgan fingerprint density at radius 2 is 1.97 bits per heavy atom. The first-order valence-electron chi connectivity index (χ1n) is 10.2. The van der Waals surface area contributed by atoms with Crippen LogP contribution in [0.15, 0.2) is 51.7 Å². The number of rotatable bonds is 5. The fourth-order valence-corrected chi connectivity index (χ4v) is 4.05. The molecule has 1 amide bonds. The van der Waals surface area contributed by atoms with Gasteiger partial charge >= 0.3 is 12.1 Å². The van der Waals surface area contributed by atoms with Crippen LogP contribution in [-0.2, 0) is 15.8 Å². The van der Waals surface area contributed by atoms with Gasteiger partial charge in [0.2, 0.25) is 0 Å². The van der Waals surface area contributed by atoms with Gasteiger partial charge in [-0.05, 0) is 43.2 Å². The summed E-state index contributed by atoms with van der Waals surface area (Å²) in [5, 5.41) is 9.58. The second-order valence-corrected chi connectivity index (χ2v) is 8.08.